The van der Waals surface area contributed by atoms with Gasteiger partial charge >= 0.3 is 0 Å². The molecular weight excluding hydrogens is 180 g/mol. The molecule has 74 valence electrons. The fourth-order valence-corrected chi connectivity index (χ4v) is 1.46. The van der Waals surface area contributed by atoms with Crippen LogP contribution in [0.15, 0.2) is 28.7 Å². The van der Waals surface area contributed by atoms with Gasteiger partial charge in [0.2, 0.25) is 0 Å². The summed E-state index contributed by atoms with van der Waals surface area (Å²) in [4.78, 5) is 0. The van der Waals surface area contributed by atoms with Crippen LogP contribution in [0.4, 0.5) is 0 Å². The number of fused-ring (bicyclic) bond motifs is 1. The average molecular weight is 192 g/mol. The molecule has 0 aliphatic carbocycles. The summed E-state index contributed by atoms with van der Waals surface area (Å²) in [5.41, 5.74) is 0.780. The standard InChI is InChI=1S/C11H12O3/c1-12-7-9-6-8-4-3-5-10(13-2)11(8)14-9/h3-6H,7H2,1-2H3. The van der Waals surface area contributed by atoms with Crippen molar-refractivity contribution in [1.82, 2.24) is 0 Å². The van der Waals surface area contributed by atoms with Crippen molar-refractivity contribution in [3.63, 3.8) is 0 Å². The number of furan rings is 1. The molecule has 2 rings (SSSR count). The van der Waals surface area contributed by atoms with Crippen LogP contribution in [0, 0.1) is 0 Å². The Labute approximate surface area is 82.2 Å². The highest BCUT2D eigenvalue weighted by Crippen LogP contribution is 2.28. The van der Waals surface area contributed by atoms with Crippen LogP contribution in [-0.4, -0.2) is 14.2 Å². The highest BCUT2D eigenvalue weighted by Gasteiger charge is 2.07. The third-order valence-corrected chi connectivity index (χ3v) is 2.07. The fraction of sp³-hybridized carbons (Fsp3) is 0.273. The van der Waals surface area contributed by atoms with E-state index in [1.54, 1.807) is 14.2 Å². The van der Waals surface area contributed by atoms with Crippen LogP contribution in [0.2, 0.25) is 0 Å². The Hall–Kier alpha value is -1.48. The predicted octanol–water partition coefficient (Wildman–Crippen LogP) is 2.59. The van der Waals surface area contributed by atoms with E-state index in [1.165, 1.54) is 0 Å². The normalized spacial score (nSPS) is 10.7. The summed E-state index contributed by atoms with van der Waals surface area (Å²) in [6.45, 7) is 0.484. The molecule has 1 aromatic carbocycles. The molecule has 1 heterocycles. The van der Waals surface area contributed by atoms with E-state index in [-0.39, 0.29) is 0 Å². The number of methoxy groups -OCH3 is 2. The smallest absolute Gasteiger partial charge is 0.176 e. The molecule has 0 unspecified atom stereocenters. The summed E-state index contributed by atoms with van der Waals surface area (Å²) in [6, 6.07) is 7.76. The van der Waals surface area contributed by atoms with Gasteiger partial charge in [0.15, 0.2) is 11.3 Å². The summed E-state index contributed by atoms with van der Waals surface area (Å²) in [5.74, 6) is 1.57. The van der Waals surface area contributed by atoms with Gasteiger partial charge in [0, 0.05) is 12.5 Å². The van der Waals surface area contributed by atoms with E-state index >= 15 is 0 Å². The number of ether oxygens (including phenoxy) is 2. The van der Waals surface area contributed by atoms with Gasteiger partial charge in [0.25, 0.3) is 0 Å². The molecule has 0 fully saturated rings. The van der Waals surface area contributed by atoms with Gasteiger partial charge in [0.05, 0.1) is 7.11 Å². The third-order valence-electron chi connectivity index (χ3n) is 2.07. The minimum atomic E-state index is 0.484. The van der Waals surface area contributed by atoms with E-state index in [0.717, 1.165) is 22.5 Å². The Kier molecular flexibility index (Phi) is 2.41. The first-order valence-electron chi connectivity index (χ1n) is 4.39. The number of hydrogen-bond acceptors (Lipinski definition) is 3. The van der Waals surface area contributed by atoms with Gasteiger partial charge in [-0.05, 0) is 12.1 Å². The minimum Gasteiger partial charge on any atom is -0.493 e. The second-order valence-corrected chi connectivity index (χ2v) is 3.02. The van der Waals surface area contributed by atoms with E-state index in [4.69, 9.17) is 13.9 Å². The van der Waals surface area contributed by atoms with Gasteiger partial charge in [0.1, 0.15) is 12.4 Å². The summed E-state index contributed by atoms with van der Waals surface area (Å²) >= 11 is 0. The number of rotatable bonds is 3. The number of para-hydroxylation sites is 1. The Balaban J connectivity index is 2.52. The summed E-state index contributed by atoms with van der Waals surface area (Å²) in [6.07, 6.45) is 0. The first kappa shape index (κ1) is 9.09. The fourth-order valence-electron chi connectivity index (χ4n) is 1.46. The van der Waals surface area contributed by atoms with E-state index in [0.29, 0.717) is 6.61 Å². The van der Waals surface area contributed by atoms with Crippen LogP contribution in [0.1, 0.15) is 5.76 Å². The van der Waals surface area contributed by atoms with E-state index in [1.807, 2.05) is 24.3 Å². The lowest BCUT2D eigenvalue weighted by molar-refractivity contribution is 0.166. The predicted molar refractivity (Wildman–Crippen MR) is 53.5 cm³/mol. The van der Waals surface area contributed by atoms with Gasteiger partial charge in [-0.3, -0.25) is 0 Å². The summed E-state index contributed by atoms with van der Waals surface area (Å²) in [7, 11) is 3.28. The first-order valence-corrected chi connectivity index (χ1v) is 4.39. The molecule has 3 heteroatoms. The van der Waals surface area contributed by atoms with Crippen molar-refractivity contribution >= 4 is 11.0 Å². The quantitative estimate of drug-likeness (QED) is 0.749. The molecular formula is C11H12O3. The molecule has 0 aliphatic rings. The van der Waals surface area contributed by atoms with Gasteiger partial charge in [-0.25, -0.2) is 0 Å². The molecule has 1 aromatic heterocycles. The van der Waals surface area contributed by atoms with Gasteiger partial charge in [-0.15, -0.1) is 0 Å². The molecule has 0 N–H and O–H groups in total. The molecule has 14 heavy (non-hydrogen) atoms. The van der Waals surface area contributed by atoms with Crippen LogP contribution in [-0.2, 0) is 11.3 Å². The zero-order chi connectivity index (χ0) is 9.97. The maximum Gasteiger partial charge on any atom is 0.176 e. The molecule has 0 saturated carbocycles. The monoisotopic (exact) mass is 192 g/mol. The Morgan fingerprint density at radius 1 is 1.29 bits per heavy atom. The maximum absolute atomic E-state index is 5.58. The Morgan fingerprint density at radius 2 is 2.14 bits per heavy atom. The zero-order valence-corrected chi connectivity index (χ0v) is 8.24. The van der Waals surface area contributed by atoms with Gasteiger partial charge in [-0.1, -0.05) is 12.1 Å². The molecule has 0 spiro atoms. The van der Waals surface area contributed by atoms with Crippen molar-refractivity contribution in [2.75, 3.05) is 14.2 Å². The van der Waals surface area contributed by atoms with E-state index < -0.39 is 0 Å². The molecule has 0 amide bonds. The molecule has 0 radical (unpaired) electrons. The first-order chi connectivity index (χ1) is 6.85. The van der Waals surface area contributed by atoms with Crippen LogP contribution in [0.5, 0.6) is 5.75 Å². The van der Waals surface area contributed by atoms with Crippen LogP contribution >= 0.6 is 0 Å². The van der Waals surface area contributed by atoms with Crippen molar-refractivity contribution in [3.05, 3.63) is 30.0 Å². The highest BCUT2D eigenvalue weighted by atomic mass is 16.5. The van der Waals surface area contributed by atoms with Gasteiger partial charge < -0.3 is 13.9 Å². The minimum absolute atomic E-state index is 0.484. The van der Waals surface area contributed by atoms with Crippen molar-refractivity contribution in [2.24, 2.45) is 0 Å². The lowest BCUT2D eigenvalue weighted by Crippen LogP contribution is -1.82. The van der Waals surface area contributed by atoms with Crippen LogP contribution in [0.25, 0.3) is 11.0 Å². The number of hydrogen-bond donors (Lipinski definition) is 0. The van der Waals surface area contributed by atoms with Crippen LogP contribution < -0.4 is 4.74 Å². The molecule has 0 aliphatic heterocycles. The average Bonchev–Trinajstić information content (AvgIpc) is 2.60. The molecule has 0 bridgehead atoms. The van der Waals surface area contributed by atoms with Crippen molar-refractivity contribution in [1.29, 1.82) is 0 Å². The Bertz CT molecular complexity index is 431. The van der Waals surface area contributed by atoms with Crippen LogP contribution in [0.3, 0.4) is 0 Å². The summed E-state index contributed by atoms with van der Waals surface area (Å²) in [5, 5.41) is 1.04. The largest absolute Gasteiger partial charge is 0.493 e. The number of benzene rings is 1. The molecule has 0 atom stereocenters. The SMILES string of the molecule is COCc1cc2cccc(OC)c2o1. The maximum atomic E-state index is 5.58. The lowest BCUT2D eigenvalue weighted by Gasteiger charge is -1.98. The summed E-state index contributed by atoms with van der Waals surface area (Å²) < 4.78 is 15.8. The van der Waals surface area contributed by atoms with Crippen molar-refractivity contribution < 1.29 is 13.9 Å². The second kappa shape index (κ2) is 3.72. The molecule has 0 saturated heterocycles. The van der Waals surface area contributed by atoms with Gasteiger partial charge in [-0.2, -0.15) is 0 Å². The Morgan fingerprint density at radius 3 is 2.86 bits per heavy atom. The van der Waals surface area contributed by atoms with Crippen molar-refractivity contribution in [2.45, 2.75) is 6.61 Å². The molecule has 3 nitrogen and oxygen atoms in total. The molecule has 2 aromatic rings. The third kappa shape index (κ3) is 1.46. The second-order valence-electron chi connectivity index (χ2n) is 3.02. The topological polar surface area (TPSA) is 31.6 Å². The van der Waals surface area contributed by atoms with E-state index in [9.17, 15) is 0 Å². The lowest BCUT2D eigenvalue weighted by atomic mass is 10.2. The zero-order valence-electron chi connectivity index (χ0n) is 8.24. The highest BCUT2D eigenvalue weighted by molar-refractivity contribution is 5.83. The van der Waals surface area contributed by atoms with E-state index in [2.05, 4.69) is 0 Å². The van der Waals surface area contributed by atoms with Crippen molar-refractivity contribution in [3.8, 4) is 5.75 Å².